The third-order valence-corrected chi connectivity index (χ3v) is 4.57. The Labute approximate surface area is 171 Å². The number of alkyl halides is 4. The highest BCUT2D eigenvalue weighted by Crippen LogP contribution is 2.46. The fourth-order valence-electron chi connectivity index (χ4n) is 2.93. The molecule has 0 aliphatic carbocycles. The van der Waals surface area contributed by atoms with Crippen LogP contribution >= 0.6 is 11.6 Å². The molecule has 1 amide bonds. The van der Waals surface area contributed by atoms with Crippen molar-refractivity contribution in [2.45, 2.75) is 19.6 Å². The van der Waals surface area contributed by atoms with Gasteiger partial charge < -0.3 is 19.3 Å². The summed E-state index contributed by atoms with van der Waals surface area (Å²) in [7, 11) is 0. The molecule has 2 aromatic carbocycles. The van der Waals surface area contributed by atoms with Crippen LogP contribution < -0.4 is 14.8 Å². The number of nitrogens with one attached hydrogen (secondary N) is 1. The van der Waals surface area contributed by atoms with Crippen LogP contribution in [0.3, 0.4) is 0 Å². The molecule has 0 spiro atoms. The number of halogens is 5. The number of rotatable bonds is 4. The maximum Gasteiger partial charge on any atom is 0.586 e. The Morgan fingerprint density at radius 3 is 2.40 bits per heavy atom. The van der Waals surface area contributed by atoms with E-state index in [9.17, 15) is 22.4 Å². The first kappa shape index (κ1) is 20.0. The summed E-state index contributed by atoms with van der Waals surface area (Å²) in [6.45, 7) is 1.37. The molecule has 6 nitrogen and oxygen atoms in total. The van der Waals surface area contributed by atoms with E-state index in [1.165, 1.54) is 31.2 Å². The molecule has 1 aromatic heterocycles. The van der Waals surface area contributed by atoms with Crippen molar-refractivity contribution < 1.29 is 36.4 Å². The van der Waals surface area contributed by atoms with Gasteiger partial charge in [0.05, 0.1) is 10.7 Å². The Kier molecular flexibility index (Phi) is 4.81. The van der Waals surface area contributed by atoms with Gasteiger partial charge in [-0.15, -0.1) is 8.78 Å². The zero-order valence-corrected chi connectivity index (χ0v) is 15.8. The number of benzene rings is 2. The van der Waals surface area contributed by atoms with Crippen molar-refractivity contribution in [3.05, 3.63) is 58.4 Å². The zero-order chi connectivity index (χ0) is 21.6. The summed E-state index contributed by atoms with van der Waals surface area (Å²) >= 11 is 6.15. The number of anilines is 1. The molecule has 2 heterocycles. The zero-order valence-electron chi connectivity index (χ0n) is 15.0. The van der Waals surface area contributed by atoms with Crippen LogP contribution in [-0.4, -0.2) is 17.4 Å². The molecule has 0 saturated heterocycles. The summed E-state index contributed by atoms with van der Waals surface area (Å²) in [5.74, 6) is -1.97. The smallest absolute Gasteiger partial charge is 0.395 e. The van der Waals surface area contributed by atoms with Gasteiger partial charge in [0, 0.05) is 17.3 Å². The number of carbonyl (C=O) groups excluding carboxylic acids is 1. The molecule has 156 valence electrons. The predicted octanol–water partition coefficient (Wildman–Crippen LogP) is 5.81. The summed E-state index contributed by atoms with van der Waals surface area (Å²) in [6.07, 6.45) is -6.76. The molecule has 0 unspecified atom stereocenters. The number of amides is 1. The first-order valence-corrected chi connectivity index (χ1v) is 8.78. The van der Waals surface area contributed by atoms with Crippen LogP contribution in [0.25, 0.3) is 11.1 Å². The average molecular weight is 443 g/mol. The Balaban J connectivity index is 1.56. The molecule has 0 fully saturated rings. The number of ether oxygens (including phenoxy) is 2. The molecule has 4 rings (SSSR count). The number of nitrogens with zero attached hydrogens (tertiary/aromatic N) is 1. The van der Waals surface area contributed by atoms with E-state index >= 15 is 0 Å². The van der Waals surface area contributed by atoms with Crippen LogP contribution in [0.1, 0.15) is 28.2 Å². The molecule has 0 saturated carbocycles. The molecular formula is C19H11ClF4N2O4. The second kappa shape index (κ2) is 7.21. The standard InChI is InChI=1S/C19H11ClF4N2O4/c1-8-15(16(17(21)22)30-26-8)18(27)25-10-4-2-9(3-5-10)11-6-13-14(7-12(11)20)29-19(23,24)28-13/h2-7,17H,1H3,(H,25,27). The van der Waals surface area contributed by atoms with Gasteiger partial charge in [-0.2, -0.15) is 0 Å². The number of hydrogen-bond donors (Lipinski definition) is 1. The first-order valence-electron chi connectivity index (χ1n) is 8.40. The Morgan fingerprint density at radius 2 is 1.77 bits per heavy atom. The lowest BCUT2D eigenvalue weighted by Gasteiger charge is -2.09. The maximum atomic E-state index is 13.2. The Bertz CT molecular complexity index is 1130. The fourth-order valence-corrected chi connectivity index (χ4v) is 3.19. The van der Waals surface area contributed by atoms with Crippen molar-refractivity contribution in [2.75, 3.05) is 5.32 Å². The van der Waals surface area contributed by atoms with Gasteiger partial charge >= 0.3 is 6.29 Å². The van der Waals surface area contributed by atoms with Crippen molar-refractivity contribution in [3.63, 3.8) is 0 Å². The predicted molar refractivity (Wildman–Crippen MR) is 97.2 cm³/mol. The molecule has 11 heteroatoms. The minimum absolute atomic E-state index is 0.0309. The second-order valence-electron chi connectivity index (χ2n) is 6.29. The van der Waals surface area contributed by atoms with E-state index in [4.69, 9.17) is 11.6 Å². The SMILES string of the molecule is Cc1noc(C(F)F)c1C(=O)Nc1ccc(-c2cc3c(cc2Cl)OC(F)(F)O3)cc1. The topological polar surface area (TPSA) is 73.6 Å². The van der Waals surface area contributed by atoms with Gasteiger partial charge in [-0.1, -0.05) is 28.9 Å². The van der Waals surface area contributed by atoms with E-state index in [2.05, 4.69) is 24.5 Å². The van der Waals surface area contributed by atoms with Crippen LogP contribution in [0.15, 0.2) is 40.9 Å². The van der Waals surface area contributed by atoms with Crippen LogP contribution in [0.2, 0.25) is 5.02 Å². The molecule has 30 heavy (non-hydrogen) atoms. The van der Waals surface area contributed by atoms with E-state index in [1.54, 1.807) is 12.1 Å². The molecule has 1 aliphatic heterocycles. The van der Waals surface area contributed by atoms with E-state index < -0.39 is 24.4 Å². The van der Waals surface area contributed by atoms with Gasteiger partial charge in [0.1, 0.15) is 5.56 Å². The summed E-state index contributed by atoms with van der Waals surface area (Å²) < 4.78 is 65.6. The van der Waals surface area contributed by atoms with Gasteiger partial charge in [-0.05, 0) is 30.7 Å². The van der Waals surface area contributed by atoms with Crippen LogP contribution in [0, 0.1) is 6.92 Å². The quantitative estimate of drug-likeness (QED) is 0.516. The normalized spacial score (nSPS) is 14.2. The van der Waals surface area contributed by atoms with E-state index in [1.807, 2.05) is 0 Å². The van der Waals surface area contributed by atoms with Crippen molar-refractivity contribution in [1.82, 2.24) is 5.16 Å². The molecular weight excluding hydrogens is 432 g/mol. The Hall–Kier alpha value is -3.27. The maximum absolute atomic E-state index is 13.2. The number of aryl methyl sites for hydroxylation is 1. The minimum Gasteiger partial charge on any atom is -0.395 e. The van der Waals surface area contributed by atoms with Crippen LogP contribution in [0.4, 0.5) is 23.2 Å². The highest BCUT2D eigenvalue weighted by atomic mass is 35.5. The van der Waals surface area contributed by atoms with Crippen molar-refractivity contribution in [2.24, 2.45) is 0 Å². The first-order chi connectivity index (χ1) is 14.1. The molecule has 3 aromatic rings. The number of aromatic nitrogens is 1. The van der Waals surface area contributed by atoms with Crippen LogP contribution in [0.5, 0.6) is 11.5 Å². The summed E-state index contributed by atoms with van der Waals surface area (Å²) in [4.78, 5) is 12.4. The Morgan fingerprint density at radius 1 is 1.13 bits per heavy atom. The van der Waals surface area contributed by atoms with Gasteiger partial charge in [-0.3, -0.25) is 4.79 Å². The van der Waals surface area contributed by atoms with E-state index in [-0.39, 0.29) is 27.8 Å². The minimum atomic E-state index is -3.77. The third-order valence-electron chi connectivity index (χ3n) is 4.26. The second-order valence-corrected chi connectivity index (χ2v) is 6.69. The molecule has 1 aliphatic rings. The average Bonchev–Trinajstić information content (AvgIpc) is 3.19. The molecule has 0 radical (unpaired) electrons. The molecule has 1 N–H and O–H groups in total. The monoisotopic (exact) mass is 442 g/mol. The molecule has 0 atom stereocenters. The van der Waals surface area contributed by atoms with Gasteiger partial charge in [0.25, 0.3) is 12.3 Å². The lowest BCUT2D eigenvalue weighted by Crippen LogP contribution is -2.25. The van der Waals surface area contributed by atoms with Crippen molar-refractivity contribution >= 4 is 23.2 Å². The largest absolute Gasteiger partial charge is 0.586 e. The lowest BCUT2D eigenvalue weighted by molar-refractivity contribution is -0.286. The molecule has 0 bridgehead atoms. The van der Waals surface area contributed by atoms with Crippen LogP contribution in [-0.2, 0) is 0 Å². The van der Waals surface area contributed by atoms with Gasteiger partial charge in [0.2, 0.25) is 5.76 Å². The van der Waals surface area contributed by atoms with E-state index in [0.29, 0.717) is 16.8 Å². The number of fused-ring (bicyclic) bond motifs is 1. The fraction of sp³-hybridized carbons (Fsp3) is 0.158. The van der Waals surface area contributed by atoms with E-state index in [0.717, 1.165) is 0 Å². The number of hydrogen-bond acceptors (Lipinski definition) is 5. The highest BCUT2D eigenvalue weighted by Gasteiger charge is 2.43. The van der Waals surface area contributed by atoms with Crippen molar-refractivity contribution in [3.8, 4) is 22.6 Å². The third kappa shape index (κ3) is 3.65. The summed E-state index contributed by atoms with van der Waals surface area (Å²) in [5.41, 5.74) is 0.920. The number of carbonyl (C=O) groups is 1. The lowest BCUT2D eigenvalue weighted by atomic mass is 10.0. The summed E-state index contributed by atoms with van der Waals surface area (Å²) in [5, 5.41) is 6.02. The van der Waals surface area contributed by atoms with Crippen molar-refractivity contribution in [1.29, 1.82) is 0 Å². The summed E-state index contributed by atoms with van der Waals surface area (Å²) in [6, 6.07) is 8.63. The van der Waals surface area contributed by atoms with Gasteiger partial charge in [-0.25, -0.2) is 8.78 Å². The highest BCUT2D eigenvalue weighted by molar-refractivity contribution is 6.33. The van der Waals surface area contributed by atoms with Gasteiger partial charge in [0.15, 0.2) is 11.5 Å².